The average Bonchev–Trinajstić information content (AvgIpc) is 2.74. The van der Waals surface area contributed by atoms with Gasteiger partial charge in [0.2, 0.25) is 11.8 Å². The third kappa shape index (κ3) is 8.05. The van der Waals surface area contributed by atoms with Crippen LogP contribution in [-0.2, 0) is 16.0 Å². The highest BCUT2D eigenvalue weighted by atomic mass is 32.2. The minimum atomic E-state index is -0.736. The fourth-order valence-corrected chi connectivity index (χ4v) is 3.53. The maximum atomic E-state index is 13.1. The van der Waals surface area contributed by atoms with Crippen LogP contribution < -0.4 is 16.4 Å². The summed E-state index contributed by atoms with van der Waals surface area (Å²) in [6.07, 6.45) is 2.65. The number of hydrogen-bond acceptors (Lipinski definition) is 4. The van der Waals surface area contributed by atoms with Crippen LogP contribution in [0.15, 0.2) is 48.5 Å². The lowest BCUT2D eigenvalue weighted by atomic mass is 9.98. The second-order valence-electron chi connectivity index (χ2n) is 7.35. The lowest BCUT2D eigenvalue weighted by Crippen LogP contribution is -2.49. The summed E-state index contributed by atoms with van der Waals surface area (Å²) < 4.78 is 13.1. The third-order valence-corrected chi connectivity index (χ3v) is 5.48. The Morgan fingerprint density at radius 2 is 1.84 bits per heavy atom. The van der Waals surface area contributed by atoms with Crippen LogP contribution >= 0.6 is 11.8 Å². The van der Waals surface area contributed by atoms with E-state index in [0.717, 1.165) is 11.1 Å². The number of carbonyl (C=O) groups excluding carboxylic acids is 3. The van der Waals surface area contributed by atoms with Gasteiger partial charge in [-0.05, 0) is 61.6 Å². The van der Waals surface area contributed by atoms with Crippen molar-refractivity contribution >= 4 is 29.5 Å². The second-order valence-corrected chi connectivity index (χ2v) is 8.34. The molecule has 0 fully saturated rings. The number of halogens is 1. The van der Waals surface area contributed by atoms with Gasteiger partial charge in [-0.25, -0.2) is 4.39 Å². The number of benzene rings is 2. The van der Waals surface area contributed by atoms with Gasteiger partial charge in [-0.2, -0.15) is 11.8 Å². The Bertz CT molecular complexity index is 905. The lowest BCUT2D eigenvalue weighted by Gasteiger charge is -2.20. The van der Waals surface area contributed by atoms with Crippen LogP contribution in [0.1, 0.15) is 27.9 Å². The molecule has 6 nitrogen and oxygen atoms in total. The Balaban J connectivity index is 2.01. The SMILES string of the molecule is CSCCC(NC(=O)c1cccc(C)c1)C(=O)NCC(Cc1ccc(F)cc1)C(N)=O. The minimum absolute atomic E-state index is 0.0294. The smallest absolute Gasteiger partial charge is 0.251 e. The van der Waals surface area contributed by atoms with E-state index in [-0.39, 0.29) is 30.6 Å². The molecule has 0 aliphatic heterocycles. The number of nitrogens with one attached hydrogen (secondary N) is 2. The van der Waals surface area contributed by atoms with Crippen molar-refractivity contribution in [2.75, 3.05) is 18.6 Å². The zero-order chi connectivity index (χ0) is 22.8. The number of aryl methyl sites for hydroxylation is 1. The fraction of sp³-hybridized carbons (Fsp3) is 0.348. The fourth-order valence-electron chi connectivity index (χ4n) is 3.06. The monoisotopic (exact) mass is 445 g/mol. The quantitative estimate of drug-likeness (QED) is 0.494. The Kier molecular flexibility index (Phi) is 9.52. The van der Waals surface area contributed by atoms with Gasteiger partial charge < -0.3 is 16.4 Å². The van der Waals surface area contributed by atoms with E-state index < -0.39 is 17.9 Å². The van der Waals surface area contributed by atoms with E-state index in [2.05, 4.69) is 10.6 Å². The first kappa shape index (κ1) is 24.4. The van der Waals surface area contributed by atoms with Crippen molar-refractivity contribution in [2.24, 2.45) is 11.7 Å². The van der Waals surface area contributed by atoms with E-state index in [9.17, 15) is 18.8 Å². The van der Waals surface area contributed by atoms with E-state index in [0.29, 0.717) is 17.7 Å². The molecular formula is C23H28FN3O3S. The van der Waals surface area contributed by atoms with Crippen LogP contribution in [0.5, 0.6) is 0 Å². The van der Waals surface area contributed by atoms with Gasteiger partial charge in [0.25, 0.3) is 5.91 Å². The molecule has 0 radical (unpaired) electrons. The van der Waals surface area contributed by atoms with Crippen molar-refractivity contribution < 1.29 is 18.8 Å². The van der Waals surface area contributed by atoms with Gasteiger partial charge in [-0.1, -0.05) is 29.8 Å². The first-order valence-electron chi connectivity index (χ1n) is 9.98. The molecule has 0 aliphatic carbocycles. The lowest BCUT2D eigenvalue weighted by molar-refractivity contribution is -0.124. The van der Waals surface area contributed by atoms with Gasteiger partial charge in [-0.3, -0.25) is 14.4 Å². The molecule has 2 unspecified atom stereocenters. The Morgan fingerprint density at radius 1 is 1.13 bits per heavy atom. The molecule has 4 N–H and O–H groups in total. The number of amides is 3. The maximum Gasteiger partial charge on any atom is 0.251 e. The predicted molar refractivity (Wildman–Crippen MR) is 121 cm³/mol. The van der Waals surface area contributed by atoms with Gasteiger partial charge in [0.05, 0.1) is 5.92 Å². The van der Waals surface area contributed by atoms with Crippen molar-refractivity contribution in [3.63, 3.8) is 0 Å². The molecule has 0 saturated carbocycles. The topological polar surface area (TPSA) is 101 Å². The van der Waals surface area contributed by atoms with Crippen molar-refractivity contribution in [3.8, 4) is 0 Å². The minimum Gasteiger partial charge on any atom is -0.369 e. The van der Waals surface area contributed by atoms with E-state index >= 15 is 0 Å². The van der Waals surface area contributed by atoms with Crippen molar-refractivity contribution in [3.05, 3.63) is 71.0 Å². The molecule has 0 bridgehead atoms. The first-order chi connectivity index (χ1) is 14.8. The van der Waals surface area contributed by atoms with Crippen LogP contribution in [-0.4, -0.2) is 42.3 Å². The molecule has 0 saturated heterocycles. The molecule has 0 spiro atoms. The van der Waals surface area contributed by atoms with Gasteiger partial charge in [-0.15, -0.1) is 0 Å². The molecule has 2 rings (SSSR count). The van der Waals surface area contributed by atoms with Crippen molar-refractivity contribution in [2.45, 2.75) is 25.8 Å². The molecule has 31 heavy (non-hydrogen) atoms. The summed E-state index contributed by atoms with van der Waals surface area (Å²) in [5.41, 5.74) is 7.66. The number of hydrogen-bond donors (Lipinski definition) is 3. The van der Waals surface area contributed by atoms with E-state index in [1.54, 1.807) is 42.1 Å². The Labute approximate surface area is 186 Å². The van der Waals surface area contributed by atoms with Crippen molar-refractivity contribution in [1.82, 2.24) is 10.6 Å². The maximum absolute atomic E-state index is 13.1. The Hall–Kier alpha value is -2.87. The molecule has 2 aromatic rings. The summed E-state index contributed by atoms with van der Waals surface area (Å²) in [6, 6.07) is 12.2. The van der Waals surface area contributed by atoms with E-state index in [1.165, 1.54) is 12.1 Å². The molecule has 2 aromatic carbocycles. The van der Waals surface area contributed by atoms with Gasteiger partial charge in [0, 0.05) is 12.1 Å². The highest BCUT2D eigenvalue weighted by Crippen LogP contribution is 2.11. The Morgan fingerprint density at radius 3 is 2.45 bits per heavy atom. The third-order valence-electron chi connectivity index (χ3n) is 4.83. The molecule has 3 amide bonds. The summed E-state index contributed by atoms with van der Waals surface area (Å²) in [5.74, 6) is -1.60. The summed E-state index contributed by atoms with van der Waals surface area (Å²) in [5, 5.41) is 5.52. The second kappa shape index (κ2) is 12.1. The molecular weight excluding hydrogens is 417 g/mol. The van der Waals surface area contributed by atoms with Gasteiger partial charge in [0.1, 0.15) is 11.9 Å². The van der Waals surface area contributed by atoms with Crippen LogP contribution in [0.3, 0.4) is 0 Å². The van der Waals surface area contributed by atoms with Crippen LogP contribution in [0.2, 0.25) is 0 Å². The number of rotatable bonds is 11. The van der Waals surface area contributed by atoms with E-state index in [4.69, 9.17) is 5.73 Å². The zero-order valence-corrected chi connectivity index (χ0v) is 18.5. The van der Waals surface area contributed by atoms with Gasteiger partial charge in [0.15, 0.2) is 0 Å². The van der Waals surface area contributed by atoms with Crippen LogP contribution in [0.25, 0.3) is 0 Å². The van der Waals surface area contributed by atoms with Gasteiger partial charge >= 0.3 is 0 Å². The normalized spacial score (nSPS) is 12.6. The van der Waals surface area contributed by atoms with E-state index in [1.807, 2.05) is 19.2 Å². The summed E-state index contributed by atoms with van der Waals surface area (Å²) in [6.45, 7) is 1.92. The number of thioether (sulfide) groups is 1. The molecule has 0 aliphatic rings. The number of nitrogens with two attached hydrogens (primary N) is 1. The highest BCUT2D eigenvalue weighted by Gasteiger charge is 2.23. The van der Waals surface area contributed by atoms with Crippen LogP contribution in [0.4, 0.5) is 4.39 Å². The van der Waals surface area contributed by atoms with Crippen LogP contribution in [0, 0.1) is 18.7 Å². The zero-order valence-electron chi connectivity index (χ0n) is 17.7. The predicted octanol–water partition coefficient (Wildman–Crippen LogP) is 2.45. The molecule has 166 valence electrons. The standard InChI is InChI=1S/C23H28FN3O3S/c1-15-4-3-5-17(12-15)22(29)27-20(10-11-31-2)23(30)26-14-18(21(25)28)13-16-6-8-19(24)9-7-16/h3-9,12,18,20H,10-11,13-14H2,1-2H3,(H2,25,28)(H,26,30)(H,27,29). The number of primary amides is 1. The molecule has 0 aromatic heterocycles. The summed E-state index contributed by atoms with van der Waals surface area (Å²) in [4.78, 5) is 37.2. The number of carbonyl (C=O) groups is 3. The van der Waals surface area contributed by atoms with Crippen molar-refractivity contribution in [1.29, 1.82) is 0 Å². The molecule has 8 heteroatoms. The first-order valence-corrected chi connectivity index (χ1v) is 11.4. The highest BCUT2D eigenvalue weighted by molar-refractivity contribution is 7.98. The average molecular weight is 446 g/mol. The molecule has 0 heterocycles. The summed E-state index contributed by atoms with van der Waals surface area (Å²) >= 11 is 1.57. The summed E-state index contributed by atoms with van der Waals surface area (Å²) in [7, 11) is 0. The molecule has 2 atom stereocenters. The largest absolute Gasteiger partial charge is 0.369 e.